The first-order chi connectivity index (χ1) is 8.45. The Morgan fingerprint density at radius 3 is 2.72 bits per heavy atom. The van der Waals surface area contributed by atoms with Gasteiger partial charge in [-0.15, -0.1) is 0 Å². The maximum atomic E-state index is 12.5. The summed E-state index contributed by atoms with van der Waals surface area (Å²) < 4.78 is 37.4. The highest BCUT2D eigenvalue weighted by Crippen LogP contribution is 2.31. The van der Waals surface area contributed by atoms with E-state index in [4.69, 9.17) is 11.3 Å². The van der Waals surface area contributed by atoms with Crippen molar-refractivity contribution >= 4 is 11.8 Å². The van der Waals surface area contributed by atoms with Crippen LogP contribution in [-0.2, 0) is 6.18 Å². The second-order valence-corrected chi connectivity index (χ2v) is 3.49. The molecule has 0 bridgehead atoms. The van der Waals surface area contributed by atoms with Gasteiger partial charge in [0.2, 0.25) is 0 Å². The third-order valence-corrected chi connectivity index (χ3v) is 2.17. The first-order valence-corrected chi connectivity index (χ1v) is 5.09. The van der Waals surface area contributed by atoms with E-state index in [1.807, 2.05) is 0 Å². The van der Waals surface area contributed by atoms with Crippen LogP contribution in [0.15, 0.2) is 29.4 Å². The predicted octanol–water partition coefficient (Wildman–Crippen LogP) is 4.00. The topological polar surface area (TPSA) is 74.8 Å². The molecule has 0 heterocycles. The van der Waals surface area contributed by atoms with E-state index in [1.165, 1.54) is 12.1 Å². The zero-order valence-corrected chi connectivity index (χ0v) is 9.35. The number of nitrogens with two attached hydrogens (primary N) is 1. The van der Waals surface area contributed by atoms with E-state index in [9.17, 15) is 13.2 Å². The zero-order chi connectivity index (χ0) is 13.6. The predicted molar refractivity (Wildman–Crippen MR) is 63.5 cm³/mol. The Kier molecular flexibility index (Phi) is 4.62. The fourth-order valence-electron chi connectivity index (χ4n) is 1.28. The van der Waals surface area contributed by atoms with Gasteiger partial charge < -0.3 is 5.73 Å². The Labute approximate surface area is 102 Å². The number of nitrogen functional groups attached to an aromatic ring is 1. The quantitative estimate of drug-likeness (QED) is 0.285. The van der Waals surface area contributed by atoms with Gasteiger partial charge in [0.15, 0.2) is 0 Å². The van der Waals surface area contributed by atoms with Crippen molar-refractivity contribution < 1.29 is 13.2 Å². The lowest BCUT2D eigenvalue weighted by Crippen LogP contribution is -2.05. The maximum absolute atomic E-state index is 12.5. The van der Waals surface area contributed by atoms with Crippen LogP contribution in [0.1, 0.15) is 17.5 Å². The molecule has 18 heavy (non-hydrogen) atoms. The Balaban J connectivity index is 2.84. The number of rotatable bonds is 4. The molecule has 0 aliphatic carbocycles. The fraction of sp³-hybridized carbons (Fsp3) is 0.273. The van der Waals surface area contributed by atoms with Crippen molar-refractivity contribution in [3.63, 3.8) is 0 Å². The van der Waals surface area contributed by atoms with Crippen LogP contribution in [0.25, 0.3) is 16.5 Å². The summed E-state index contributed by atoms with van der Waals surface area (Å²) in [6, 6.07) is 3.14. The van der Waals surface area contributed by atoms with Crippen molar-refractivity contribution in [3.05, 3.63) is 45.8 Å². The molecule has 96 valence electrons. The highest BCUT2D eigenvalue weighted by Gasteiger charge is 2.30. The summed E-state index contributed by atoms with van der Waals surface area (Å²) in [5, 5.41) is 3.30. The molecule has 0 atom stereocenters. The molecule has 0 saturated carbocycles. The normalized spacial score (nSPS) is 11.5. The largest absolute Gasteiger partial charge is 0.416 e. The third-order valence-electron chi connectivity index (χ3n) is 2.17. The molecule has 4 nitrogen and oxygen atoms in total. The van der Waals surface area contributed by atoms with E-state index >= 15 is 0 Å². The summed E-state index contributed by atoms with van der Waals surface area (Å²) in [6.07, 6.45) is -0.848. The summed E-state index contributed by atoms with van der Waals surface area (Å²) in [5.74, 6) is 0. The average Bonchev–Trinajstić information content (AvgIpc) is 2.29. The number of nitrogens with zero attached hydrogens (tertiary/aromatic N) is 3. The molecular weight excluding hydrogens is 245 g/mol. The number of hydrogen-bond donors (Lipinski definition) is 1. The second-order valence-electron chi connectivity index (χ2n) is 3.49. The molecule has 0 fully saturated rings. The van der Waals surface area contributed by atoms with Crippen LogP contribution in [0.4, 0.5) is 18.9 Å². The summed E-state index contributed by atoms with van der Waals surface area (Å²) in [6.45, 7) is 0.256. The van der Waals surface area contributed by atoms with E-state index in [2.05, 4.69) is 10.0 Å². The van der Waals surface area contributed by atoms with Crippen LogP contribution in [0, 0.1) is 0 Å². The summed E-state index contributed by atoms with van der Waals surface area (Å²) in [4.78, 5) is 2.56. The fourth-order valence-corrected chi connectivity index (χ4v) is 1.28. The van der Waals surface area contributed by atoms with Crippen LogP contribution in [0.5, 0.6) is 0 Å². The molecule has 0 radical (unpaired) electrons. The molecule has 1 aromatic carbocycles. The number of anilines is 1. The number of alkyl halides is 3. The molecule has 1 aromatic rings. The van der Waals surface area contributed by atoms with Gasteiger partial charge in [0.05, 0.1) is 5.56 Å². The van der Waals surface area contributed by atoms with Crippen LogP contribution >= 0.6 is 0 Å². The lowest BCUT2D eigenvalue weighted by molar-refractivity contribution is -0.137. The molecule has 2 N–H and O–H groups in total. The standard InChI is InChI=1S/C11H11F3N4/c12-11(13,14)9-4-5-10(15)8(7-9)3-1-2-6-17-18-16/h1,3-5,7H,2,6,15H2. The van der Waals surface area contributed by atoms with Gasteiger partial charge in [-0.05, 0) is 35.7 Å². The minimum Gasteiger partial charge on any atom is -0.398 e. The van der Waals surface area contributed by atoms with Gasteiger partial charge in [0.1, 0.15) is 0 Å². The summed E-state index contributed by atoms with van der Waals surface area (Å²) in [7, 11) is 0. The number of halogens is 3. The van der Waals surface area contributed by atoms with Crippen LogP contribution in [-0.4, -0.2) is 6.54 Å². The van der Waals surface area contributed by atoms with E-state index in [0.29, 0.717) is 12.0 Å². The minimum absolute atomic E-state index is 0.256. The van der Waals surface area contributed by atoms with Crippen LogP contribution in [0.2, 0.25) is 0 Å². The minimum atomic E-state index is -4.39. The van der Waals surface area contributed by atoms with Gasteiger partial charge in [-0.3, -0.25) is 0 Å². The SMILES string of the molecule is [N-]=[N+]=NCCC=Cc1cc(C(F)(F)F)ccc1N. The van der Waals surface area contributed by atoms with Crippen molar-refractivity contribution in [2.75, 3.05) is 12.3 Å². The monoisotopic (exact) mass is 256 g/mol. The van der Waals surface area contributed by atoms with Gasteiger partial charge in [0, 0.05) is 17.1 Å². The van der Waals surface area contributed by atoms with Crippen molar-refractivity contribution in [1.29, 1.82) is 0 Å². The highest BCUT2D eigenvalue weighted by molar-refractivity contribution is 5.65. The lowest BCUT2D eigenvalue weighted by atomic mass is 10.1. The van der Waals surface area contributed by atoms with Crippen molar-refractivity contribution in [3.8, 4) is 0 Å². The molecule has 0 spiro atoms. The first kappa shape index (κ1) is 13.9. The van der Waals surface area contributed by atoms with E-state index in [1.54, 1.807) is 6.08 Å². The van der Waals surface area contributed by atoms with Crippen LogP contribution < -0.4 is 5.73 Å². The molecule has 0 aromatic heterocycles. The Morgan fingerprint density at radius 1 is 1.39 bits per heavy atom. The second kappa shape index (κ2) is 5.97. The maximum Gasteiger partial charge on any atom is 0.416 e. The van der Waals surface area contributed by atoms with Crippen molar-refractivity contribution in [2.24, 2.45) is 5.11 Å². The number of benzene rings is 1. The molecular formula is C11H11F3N4. The summed E-state index contributed by atoms with van der Waals surface area (Å²) >= 11 is 0. The van der Waals surface area contributed by atoms with E-state index < -0.39 is 11.7 Å². The molecule has 1 rings (SSSR count). The Hall–Kier alpha value is -2.14. The average molecular weight is 256 g/mol. The van der Waals surface area contributed by atoms with Gasteiger partial charge in [-0.2, -0.15) is 13.2 Å². The molecule has 0 aliphatic rings. The van der Waals surface area contributed by atoms with Gasteiger partial charge in [0.25, 0.3) is 0 Å². The number of hydrogen-bond acceptors (Lipinski definition) is 2. The summed E-state index contributed by atoms with van der Waals surface area (Å²) in [5.41, 5.74) is 13.4. The molecule has 0 amide bonds. The smallest absolute Gasteiger partial charge is 0.398 e. The van der Waals surface area contributed by atoms with Crippen LogP contribution in [0.3, 0.4) is 0 Å². The first-order valence-electron chi connectivity index (χ1n) is 5.09. The van der Waals surface area contributed by atoms with Gasteiger partial charge in [-0.25, -0.2) is 0 Å². The van der Waals surface area contributed by atoms with Gasteiger partial charge in [-0.1, -0.05) is 17.3 Å². The Bertz CT molecular complexity index is 488. The molecule has 0 unspecified atom stereocenters. The van der Waals surface area contributed by atoms with Crippen molar-refractivity contribution in [2.45, 2.75) is 12.6 Å². The number of azide groups is 1. The lowest BCUT2D eigenvalue weighted by Gasteiger charge is -2.08. The van der Waals surface area contributed by atoms with Gasteiger partial charge >= 0.3 is 6.18 Å². The molecule has 0 aliphatic heterocycles. The van der Waals surface area contributed by atoms with E-state index in [0.717, 1.165) is 12.1 Å². The third kappa shape index (κ3) is 4.03. The zero-order valence-electron chi connectivity index (χ0n) is 9.35. The molecule has 7 heteroatoms. The van der Waals surface area contributed by atoms with Crippen molar-refractivity contribution in [1.82, 2.24) is 0 Å². The Morgan fingerprint density at radius 2 is 2.11 bits per heavy atom. The van der Waals surface area contributed by atoms with E-state index in [-0.39, 0.29) is 12.2 Å². The molecule has 0 saturated heterocycles. The highest BCUT2D eigenvalue weighted by atomic mass is 19.4.